The minimum absolute atomic E-state index is 0.356. The molecule has 4 nitrogen and oxygen atoms in total. The van der Waals surface area contributed by atoms with Crippen LogP contribution in [0.15, 0.2) is 29.5 Å². The van der Waals surface area contributed by atoms with E-state index in [0.717, 1.165) is 19.5 Å². The lowest BCUT2D eigenvalue weighted by molar-refractivity contribution is 0.118. The van der Waals surface area contributed by atoms with E-state index < -0.39 is 0 Å². The van der Waals surface area contributed by atoms with E-state index in [-0.39, 0.29) is 6.10 Å². The Morgan fingerprint density at radius 2 is 2.17 bits per heavy atom. The SMILES string of the molecule is CC=N/C=C/NCC(O)CN(CC)CC/C=C\C. The molecule has 0 spiro atoms. The van der Waals surface area contributed by atoms with E-state index in [1.165, 1.54) is 0 Å². The van der Waals surface area contributed by atoms with E-state index in [4.69, 9.17) is 0 Å². The number of aliphatic hydroxyl groups is 1. The maximum Gasteiger partial charge on any atom is 0.0838 e. The Balaban J connectivity index is 3.77. The Bertz CT molecular complexity index is 262. The highest BCUT2D eigenvalue weighted by Crippen LogP contribution is 1.95. The van der Waals surface area contributed by atoms with Gasteiger partial charge in [-0.15, -0.1) is 0 Å². The zero-order chi connectivity index (χ0) is 13.6. The summed E-state index contributed by atoms with van der Waals surface area (Å²) in [6.45, 7) is 9.22. The molecular formula is C14H27N3O. The molecule has 0 aromatic rings. The van der Waals surface area contributed by atoms with Crippen LogP contribution in [0.2, 0.25) is 0 Å². The largest absolute Gasteiger partial charge is 0.390 e. The van der Waals surface area contributed by atoms with Crippen molar-refractivity contribution in [2.45, 2.75) is 33.3 Å². The van der Waals surface area contributed by atoms with E-state index >= 15 is 0 Å². The summed E-state index contributed by atoms with van der Waals surface area (Å²) in [5, 5.41) is 12.9. The second-order valence-corrected chi connectivity index (χ2v) is 4.04. The highest BCUT2D eigenvalue weighted by Gasteiger charge is 2.08. The van der Waals surface area contributed by atoms with E-state index in [0.29, 0.717) is 13.1 Å². The van der Waals surface area contributed by atoms with Crippen molar-refractivity contribution in [1.29, 1.82) is 0 Å². The lowest BCUT2D eigenvalue weighted by Gasteiger charge is -2.22. The van der Waals surface area contributed by atoms with Crippen molar-refractivity contribution in [2.24, 2.45) is 4.99 Å². The smallest absolute Gasteiger partial charge is 0.0838 e. The first kappa shape index (κ1) is 16.9. The van der Waals surface area contributed by atoms with Crippen LogP contribution < -0.4 is 5.32 Å². The highest BCUT2D eigenvalue weighted by atomic mass is 16.3. The number of hydrogen-bond acceptors (Lipinski definition) is 4. The number of nitrogens with one attached hydrogen (secondary N) is 1. The number of likely N-dealkylation sites (N-methyl/N-ethyl adjacent to an activating group) is 1. The van der Waals surface area contributed by atoms with Gasteiger partial charge in [-0.05, 0) is 26.8 Å². The molecule has 4 heteroatoms. The molecule has 0 aromatic carbocycles. The normalized spacial score (nSPS) is 14.3. The predicted molar refractivity (Wildman–Crippen MR) is 78.9 cm³/mol. The lowest BCUT2D eigenvalue weighted by atomic mass is 10.3. The number of aliphatic hydroxyl groups excluding tert-OH is 1. The molecule has 0 heterocycles. The van der Waals surface area contributed by atoms with Crippen molar-refractivity contribution in [1.82, 2.24) is 10.2 Å². The molecule has 1 unspecified atom stereocenters. The zero-order valence-corrected chi connectivity index (χ0v) is 11.8. The van der Waals surface area contributed by atoms with Gasteiger partial charge >= 0.3 is 0 Å². The Kier molecular flexibility index (Phi) is 11.6. The van der Waals surface area contributed by atoms with E-state index in [1.54, 1.807) is 18.6 Å². The van der Waals surface area contributed by atoms with Gasteiger partial charge in [-0.1, -0.05) is 19.1 Å². The molecule has 0 amide bonds. The van der Waals surface area contributed by atoms with Crippen LogP contribution in [0.5, 0.6) is 0 Å². The number of hydrogen-bond donors (Lipinski definition) is 2. The minimum Gasteiger partial charge on any atom is -0.390 e. The number of aliphatic imine (C=N–C) groups is 1. The van der Waals surface area contributed by atoms with Crippen molar-refractivity contribution in [3.63, 3.8) is 0 Å². The molecule has 104 valence electrons. The Morgan fingerprint density at radius 3 is 2.78 bits per heavy atom. The third-order valence-corrected chi connectivity index (χ3v) is 2.54. The van der Waals surface area contributed by atoms with Crippen molar-refractivity contribution < 1.29 is 5.11 Å². The first-order valence-electron chi connectivity index (χ1n) is 6.62. The van der Waals surface area contributed by atoms with Gasteiger partial charge in [0.25, 0.3) is 0 Å². The zero-order valence-electron chi connectivity index (χ0n) is 11.8. The van der Waals surface area contributed by atoms with Crippen LogP contribution in [-0.4, -0.2) is 48.5 Å². The predicted octanol–water partition coefficient (Wildman–Crippen LogP) is 1.79. The maximum atomic E-state index is 9.87. The molecule has 0 aromatic heterocycles. The Morgan fingerprint density at radius 1 is 1.39 bits per heavy atom. The van der Waals surface area contributed by atoms with Gasteiger partial charge in [0.2, 0.25) is 0 Å². The van der Waals surface area contributed by atoms with Crippen LogP contribution in [0.1, 0.15) is 27.2 Å². The minimum atomic E-state index is -0.356. The monoisotopic (exact) mass is 253 g/mol. The second-order valence-electron chi connectivity index (χ2n) is 4.04. The summed E-state index contributed by atoms with van der Waals surface area (Å²) in [4.78, 5) is 6.18. The molecule has 0 aliphatic carbocycles. The van der Waals surface area contributed by atoms with E-state index in [1.807, 2.05) is 13.8 Å². The van der Waals surface area contributed by atoms with Crippen molar-refractivity contribution >= 4 is 6.21 Å². The summed E-state index contributed by atoms with van der Waals surface area (Å²) in [7, 11) is 0. The van der Waals surface area contributed by atoms with Gasteiger partial charge in [0, 0.05) is 38.2 Å². The first-order chi connectivity index (χ1) is 8.74. The quantitative estimate of drug-likeness (QED) is 0.461. The third-order valence-electron chi connectivity index (χ3n) is 2.54. The lowest BCUT2D eigenvalue weighted by Crippen LogP contribution is -2.37. The van der Waals surface area contributed by atoms with Gasteiger partial charge in [0.1, 0.15) is 0 Å². The van der Waals surface area contributed by atoms with Crippen LogP contribution in [0.3, 0.4) is 0 Å². The average Bonchev–Trinajstić information content (AvgIpc) is 2.37. The molecule has 0 rings (SSSR count). The molecule has 0 saturated carbocycles. The molecular weight excluding hydrogens is 226 g/mol. The molecule has 1 atom stereocenters. The summed E-state index contributed by atoms with van der Waals surface area (Å²) in [6.07, 6.45) is 10.0. The van der Waals surface area contributed by atoms with Crippen LogP contribution in [-0.2, 0) is 0 Å². The van der Waals surface area contributed by atoms with Gasteiger partial charge < -0.3 is 15.3 Å². The molecule has 0 saturated heterocycles. The fourth-order valence-corrected chi connectivity index (χ4v) is 1.55. The van der Waals surface area contributed by atoms with E-state index in [9.17, 15) is 5.11 Å². The number of allylic oxidation sites excluding steroid dienone is 1. The summed E-state index contributed by atoms with van der Waals surface area (Å²) in [5.74, 6) is 0. The van der Waals surface area contributed by atoms with Crippen molar-refractivity contribution in [3.05, 3.63) is 24.6 Å². The summed E-state index contributed by atoms with van der Waals surface area (Å²) in [6, 6.07) is 0. The highest BCUT2D eigenvalue weighted by molar-refractivity contribution is 5.54. The van der Waals surface area contributed by atoms with Crippen LogP contribution in [0, 0.1) is 0 Å². The summed E-state index contributed by atoms with van der Waals surface area (Å²) >= 11 is 0. The molecule has 0 fully saturated rings. The fraction of sp³-hybridized carbons (Fsp3) is 0.643. The van der Waals surface area contributed by atoms with Gasteiger partial charge in [-0.3, -0.25) is 4.99 Å². The second kappa shape index (κ2) is 12.3. The Labute approximate surface area is 111 Å². The maximum absolute atomic E-state index is 9.87. The molecule has 2 N–H and O–H groups in total. The first-order valence-corrected chi connectivity index (χ1v) is 6.62. The van der Waals surface area contributed by atoms with E-state index in [2.05, 4.69) is 34.3 Å². The van der Waals surface area contributed by atoms with Crippen LogP contribution in [0.4, 0.5) is 0 Å². The van der Waals surface area contributed by atoms with Gasteiger partial charge in [0.05, 0.1) is 6.10 Å². The molecule has 0 aliphatic heterocycles. The number of rotatable bonds is 10. The fourth-order valence-electron chi connectivity index (χ4n) is 1.55. The van der Waals surface area contributed by atoms with Crippen LogP contribution in [0.25, 0.3) is 0 Å². The van der Waals surface area contributed by atoms with Gasteiger partial charge in [-0.2, -0.15) is 0 Å². The summed E-state index contributed by atoms with van der Waals surface area (Å²) in [5.41, 5.74) is 0. The number of nitrogens with zero attached hydrogens (tertiary/aromatic N) is 2. The third kappa shape index (κ3) is 10.1. The van der Waals surface area contributed by atoms with Crippen molar-refractivity contribution in [3.8, 4) is 0 Å². The standard InChI is InChI=1S/C14H27N3O/c1-4-7-8-11-17(6-3)13-14(18)12-16-10-9-15-5-2/h4-5,7,9-10,14,16,18H,6,8,11-13H2,1-3H3/b7-4-,10-9+,15-5?. The Hall–Kier alpha value is -1.13. The van der Waals surface area contributed by atoms with Crippen molar-refractivity contribution in [2.75, 3.05) is 26.2 Å². The average molecular weight is 253 g/mol. The van der Waals surface area contributed by atoms with Gasteiger partial charge in [-0.25, -0.2) is 0 Å². The van der Waals surface area contributed by atoms with Crippen LogP contribution >= 0.6 is 0 Å². The summed E-state index contributed by atoms with van der Waals surface area (Å²) < 4.78 is 0. The molecule has 0 bridgehead atoms. The molecule has 0 radical (unpaired) electrons. The van der Waals surface area contributed by atoms with Gasteiger partial charge in [0.15, 0.2) is 0 Å². The molecule has 0 aliphatic rings. The molecule has 18 heavy (non-hydrogen) atoms. The topological polar surface area (TPSA) is 47.9 Å².